The summed E-state index contributed by atoms with van der Waals surface area (Å²) in [6.45, 7) is 0.664. The second-order valence-electron chi connectivity index (χ2n) is 2.34. The average Bonchev–Trinajstić information content (AvgIpc) is 2.31. The van der Waals surface area contributed by atoms with Crippen LogP contribution in [0, 0.1) is 0 Å². The molecule has 3 N–H and O–H groups in total. The number of nitrogens with one attached hydrogen (secondary N) is 2. The number of hydrogen-bond acceptors (Lipinski definition) is 3. The standard InChI is InChI=1S/C6H12N2O2/c9-4-3-7-5-1-2-6(10)8-5/h5,7,9H,1-4H2,(H,8,10). The minimum absolute atomic E-state index is 0.0830. The Kier molecular flexibility index (Phi) is 2.65. The number of aliphatic hydroxyl groups is 1. The quantitative estimate of drug-likeness (QED) is 0.466. The lowest BCUT2D eigenvalue weighted by molar-refractivity contribution is -0.119. The molecule has 0 aliphatic carbocycles. The Morgan fingerprint density at radius 2 is 2.60 bits per heavy atom. The van der Waals surface area contributed by atoms with Crippen molar-refractivity contribution < 1.29 is 9.90 Å². The van der Waals surface area contributed by atoms with Gasteiger partial charge in [0.05, 0.1) is 12.8 Å². The van der Waals surface area contributed by atoms with Gasteiger partial charge >= 0.3 is 0 Å². The first-order valence-corrected chi connectivity index (χ1v) is 3.46. The number of carbonyl (C=O) groups excluding carboxylic acids is 1. The van der Waals surface area contributed by atoms with Crippen LogP contribution in [0.25, 0.3) is 0 Å². The molecule has 58 valence electrons. The van der Waals surface area contributed by atoms with Gasteiger partial charge in [0.1, 0.15) is 0 Å². The van der Waals surface area contributed by atoms with Crippen LogP contribution in [0.3, 0.4) is 0 Å². The van der Waals surface area contributed by atoms with Crippen molar-refractivity contribution in [2.24, 2.45) is 0 Å². The predicted molar refractivity (Wildman–Crippen MR) is 36.3 cm³/mol. The van der Waals surface area contributed by atoms with Crippen molar-refractivity contribution in [1.82, 2.24) is 10.6 Å². The van der Waals surface area contributed by atoms with E-state index >= 15 is 0 Å². The molecule has 0 aromatic heterocycles. The monoisotopic (exact) mass is 144 g/mol. The van der Waals surface area contributed by atoms with Gasteiger partial charge in [-0.1, -0.05) is 0 Å². The summed E-state index contributed by atoms with van der Waals surface area (Å²) in [6, 6.07) is 0. The van der Waals surface area contributed by atoms with E-state index in [-0.39, 0.29) is 18.7 Å². The zero-order valence-electron chi connectivity index (χ0n) is 5.76. The Hall–Kier alpha value is -0.610. The predicted octanol–water partition coefficient (Wildman–Crippen LogP) is -1.20. The zero-order chi connectivity index (χ0) is 7.40. The third-order valence-electron chi connectivity index (χ3n) is 1.50. The number of rotatable bonds is 3. The van der Waals surface area contributed by atoms with Gasteiger partial charge in [0.2, 0.25) is 5.91 Å². The fraction of sp³-hybridized carbons (Fsp3) is 0.833. The van der Waals surface area contributed by atoms with E-state index in [0.29, 0.717) is 13.0 Å². The third kappa shape index (κ3) is 1.97. The van der Waals surface area contributed by atoms with Crippen molar-refractivity contribution in [2.75, 3.05) is 13.2 Å². The summed E-state index contributed by atoms with van der Waals surface area (Å²) < 4.78 is 0. The topological polar surface area (TPSA) is 61.4 Å². The van der Waals surface area contributed by atoms with Crippen LogP contribution < -0.4 is 10.6 Å². The van der Waals surface area contributed by atoms with E-state index in [2.05, 4.69) is 10.6 Å². The first-order chi connectivity index (χ1) is 4.83. The Balaban J connectivity index is 2.12. The molecule has 4 nitrogen and oxygen atoms in total. The zero-order valence-corrected chi connectivity index (χ0v) is 5.76. The molecule has 0 radical (unpaired) electrons. The van der Waals surface area contributed by atoms with Crippen LogP contribution in [0.4, 0.5) is 0 Å². The van der Waals surface area contributed by atoms with Crippen molar-refractivity contribution in [3.05, 3.63) is 0 Å². The third-order valence-corrected chi connectivity index (χ3v) is 1.50. The van der Waals surface area contributed by atoms with Gasteiger partial charge < -0.3 is 10.4 Å². The largest absolute Gasteiger partial charge is 0.395 e. The molecule has 0 aromatic rings. The summed E-state index contributed by atoms with van der Waals surface area (Å²) in [4.78, 5) is 10.6. The molecule has 1 fully saturated rings. The number of amides is 1. The van der Waals surface area contributed by atoms with E-state index in [0.717, 1.165) is 6.42 Å². The van der Waals surface area contributed by atoms with Crippen molar-refractivity contribution in [3.8, 4) is 0 Å². The van der Waals surface area contributed by atoms with Crippen molar-refractivity contribution >= 4 is 5.91 Å². The first-order valence-electron chi connectivity index (χ1n) is 3.46. The lowest BCUT2D eigenvalue weighted by Crippen LogP contribution is -2.40. The van der Waals surface area contributed by atoms with E-state index < -0.39 is 0 Å². The summed E-state index contributed by atoms with van der Waals surface area (Å²) in [7, 11) is 0. The number of aliphatic hydroxyl groups excluding tert-OH is 1. The molecule has 1 amide bonds. The second kappa shape index (κ2) is 3.53. The average molecular weight is 144 g/mol. The molecule has 10 heavy (non-hydrogen) atoms. The van der Waals surface area contributed by atoms with Crippen LogP contribution in [0.5, 0.6) is 0 Å². The molecule has 0 saturated carbocycles. The summed E-state index contributed by atoms with van der Waals surface area (Å²) in [5, 5.41) is 14.1. The van der Waals surface area contributed by atoms with Gasteiger partial charge in [-0.15, -0.1) is 0 Å². The molecule has 4 heteroatoms. The van der Waals surface area contributed by atoms with Gasteiger partial charge in [-0.25, -0.2) is 0 Å². The summed E-state index contributed by atoms with van der Waals surface area (Å²) >= 11 is 0. The van der Waals surface area contributed by atoms with Gasteiger partial charge in [-0.05, 0) is 6.42 Å². The Bertz CT molecular complexity index is 127. The highest BCUT2D eigenvalue weighted by atomic mass is 16.3. The maximum Gasteiger partial charge on any atom is 0.221 e. The molecular formula is C6H12N2O2. The lowest BCUT2D eigenvalue weighted by atomic mass is 10.3. The SMILES string of the molecule is O=C1CCC(NCCO)N1. The van der Waals surface area contributed by atoms with Crippen molar-refractivity contribution in [3.63, 3.8) is 0 Å². The minimum Gasteiger partial charge on any atom is -0.395 e. The lowest BCUT2D eigenvalue weighted by Gasteiger charge is -2.09. The van der Waals surface area contributed by atoms with Crippen LogP contribution >= 0.6 is 0 Å². The van der Waals surface area contributed by atoms with Gasteiger partial charge in [0.15, 0.2) is 0 Å². The molecule has 1 saturated heterocycles. The molecule has 1 aliphatic heterocycles. The van der Waals surface area contributed by atoms with Crippen LogP contribution in [-0.2, 0) is 4.79 Å². The maximum absolute atomic E-state index is 10.6. The Morgan fingerprint density at radius 3 is 3.10 bits per heavy atom. The second-order valence-corrected chi connectivity index (χ2v) is 2.34. The molecule has 1 aliphatic rings. The maximum atomic E-state index is 10.6. The van der Waals surface area contributed by atoms with Crippen LogP contribution in [0.15, 0.2) is 0 Å². The van der Waals surface area contributed by atoms with Gasteiger partial charge in [-0.2, -0.15) is 0 Å². The fourth-order valence-electron chi connectivity index (χ4n) is 1.01. The molecule has 1 rings (SSSR count). The van der Waals surface area contributed by atoms with E-state index in [1.807, 2.05) is 0 Å². The van der Waals surface area contributed by atoms with Crippen molar-refractivity contribution in [1.29, 1.82) is 0 Å². The smallest absolute Gasteiger partial charge is 0.221 e. The molecule has 0 spiro atoms. The van der Waals surface area contributed by atoms with Gasteiger partial charge in [0, 0.05) is 13.0 Å². The summed E-state index contributed by atoms with van der Waals surface area (Å²) in [5.74, 6) is 0.0930. The first kappa shape index (κ1) is 7.50. The van der Waals surface area contributed by atoms with E-state index in [4.69, 9.17) is 5.11 Å². The van der Waals surface area contributed by atoms with Gasteiger partial charge in [-0.3, -0.25) is 10.1 Å². The molecule has 0 aromatic carbocycles. The minimum atomic E-state index is 0.0830. The molecule has 1 heterocycles. The highest BCUT2D eigenvalue weighted by Gasteiger charge is 2.18. The number of hydrogen-bond donors (Lipinski definition) is 3. The van der Waals surface area contributed by atoms with Gasteiger partial charge in [0.25, 0.3) is 0 Å². The highest BCUT2D eigenvalue weighted by molar-refractivity contribution is 5.78. The van der Waals surface area contributed by atoms with E-state index in [9.17, 15) is 4.79 Å². The fourth-order valence-corrected chi connectivity index (χ4v) is 1.01. The van der Waals surface area contributed by atoms with Crippen LogP contribution in [-0.4, -0.2) is 30.3 Å². The Morgan fingerprint density at radius 1 is 1.80 bits per heavy atom. The van der Waals surface area contributed by atoms with Crippen LogP contribution in [0.1, 0.15) is 12.8 Å². The number of carbonyl (C=O) groups is 1. The molecule has 0 bridgehead atoms. The summed E-state index contributed by atoms with van der Waals surface area (Å²) in [6.07, 6.45) is 1.52. The summed E-state index contributed by atoms with van der Waals surface area (Å²) in [5.41, 5.74) is 0. The molecular weight excluding hydrogens is 132 g/mol. The van der Waals surface area contributed by atoms with E-state index in [1.165, 1.54) is 0 Å². The van der Waals surface area contributed by atoms with Crippen molar-refractivity contribution in [2.45, 2.75) is 19.0 Å². The normalized spacial score (nSPS) is 24.9. The van der Waals surface area contributed by atoms with E-state index in [1.54, 1.807) is 0 Å². The van der Waals surface area contributed by atoms with Crippen LogP contribution in [0.2, 0.25) is 0 Å². The Labute approximate surface area is 59.6 Å². The molecule has 1 atom stereocenters. The highest BCUT2D eigenvalue weighted by Crippen LogP contribution is 2.02. The molecule has 1 unspecified atom stereocenters.